The lowest BCUT2D eigenvalue weighted by Crippen LogP contribution is -2.39. The molecule has 3 N–H and O–H groups in total. The van der Waals surface area contributed by atoms with Crippen molar-refractivity contribution in [3.63, 3.8) is 0 Å². The Morgan fingerprint density at radius 1 is 1.34 bits per heavy atom. The number of para-hydroxylation sites is 1. The number of fused-ring (bicyclic) bond motifs is 2. The SMILES string of the molecule is C=Cc1ccccc1NC(C)c1cc(N)cc2c1N=C1N(CCC1(C)C(F)CCC)C2=C. The first-order chi connectivity index (χ1) is 15.3. The van der Waals surface area contributed by atoms with Crippen LogP contribution in [0.5, 0.6) is 0 Å². The second kappa shape index (κ2) is 8.45. The van der Waals surface area contributed by atoms with Crippen LogP contribution in [-0.2, 0) is 0 Å². The van der Waals surface area contributed by atoms with E-state index in [1.807, 2.05) is 56.3 Å². The van der Waals surface area contributed by atoms with Gasteiger partial charge in [-0.2, -0.15) is 0 Å². The summed E-state index contributed by atoms with van der Waals surface area (Å²) in [4.78, 5) is 7.17. The van der Waals surface area contributed by atoms with Crippen molar-refractivity contribution in [3.05, 3.63) is 66.2 Å². The number of hydrogen-bond acceptors (Lipinski definition) is 4. The number of nitrogens with one attached hydrogen (secondary N) is 1. The highest BCUT2D eigenvalue weighted by atomic mass is 19.1. The molecule has 0 saturated carbocycles. The Morgan fingerprint density at radius 2 is 2.09 bits per heavy atom. The summed E-state index contributed by atoms with van der Waals surface area (Å²) in [6.45, 7) is 15.1. The maximum Gasteiger partial charge on any atom is 0.118 e. The predicted octanol–water partition coefficient (Wildman–Crippen LogP) is 6.95. The summed E-state index contributed by atoms with van der Waals surface area (Å²) < 4.78 is 15.3. The van der Waals surface area contributed by atoms with Gasteiger partial charge in [0, 0.05) is 34.7 Å². The average Bonchev–Trinajstić information content (AvgIpc) is 3.12. The molecular weight excluding hydrogens is 399 g/mol. The molecule has 2 heterocycles. The van der Waals surface area contributed by atoms with E-state index in [1.165, 1.54) is 0 Å². The standard InChI is InChI=1S/C27H33FN4/c1-6-10-24(28)27(5)13-14-32-18(4)22-16-20(29)15-21(25(22)31-26(27)32)17(3)30-23-12-9-8-11-19(23)7-2/h7-9,11-12,15-17,24,30H,2,4,6,10,13-14,29H2,1,3,5H3. The molecule has 2 aromatic rings. The third-order valence-electron chi connectivity index (χ3n) is 6.89. The molecule has 3 atom stereocenters. The van der Waals surface area contributed by atoms with Gasteiger partial charge in [-0.05, 0) is 50.5 Å². The summed E-state index contributed by atoms with van der Waals surface area (Å²) in [5.74, 6) is 0.792. The van der Waals surface area contributed by atoms with Gasteiger partial charge in [-0.25, -0.2) is 9.38 Å². The zero-order chi connectivity index (χ0) is 23.0. The van der Waals surface area contributed by atoms with Crippen molar-refractivity contribution in [2.75, 3.05) is 17.6 Å². The first kappa shape index (κ1) is 22.1. The van der Waals surface area contributed by atoms with Gasteiger partial charge in [0.15, 0.2) is 0 Å². The number of benzene rings is 2. The summed E-state index contributed by atoms with van der Waals surface area (Å²) in [5.41, 5.74) is 12.0. The molecule has 0 spiro atoms. The molecule has 2 aromatic carbocycles. The summed E-state index contributed by atoms with van der Waals surface area (Å²) in [5, 5.41) is 3.58. The normalized spacial score (nSPS) is 21.4. The molecule has 5 heteroatoms. The highest BCUT2D eigenvalue weighted by Gasteiger charge is 2.49. The molecule has 2 aliphatic heterocycles. The smallest absolute Gasteiger partial charge is 0.118 e. The Hall–Kier alpha value is -3.08. The van der Waals surface area contributed by atoms with E-state index in [4.69, 9.17) is 10.7 Å². The molecule has 4 nitrogen and oxygen atoms in total. The van der Waals surface area contributed by atoms with Crippen molar-refractivity contribution in [1.29, 1.82) is 0 Å². The molecule has 32 heavy (non-hydrogen) atoms. The molecule has 1 saturated heterocycles. The zero-order valence-corrected chi connectivity index (χ0v) is 19.3. The van der Waals surface area contributed by atoms with Gasteiger partial charge in [0.2, 0.25) is 0 Å². The molecule has 0 aromatic heterocycles. The largest absolute Gasteiger partial charge is 0.399 e. The predicted molar refractivity (Wildman–Crippen MR) is 135 cm³/mol. The topological polar surface area (TPSA) is 53.6 Å². The number of nitrogens with two attached hydrogens (primary N) is 1. The van der Waals surface area contributed by atoms with Crippen LogP contribution in [0.15, 0.2) is 54.5 Å². The van der Waals surface area contributed by atoms with Gasteiger partial charge in [0.05, 0.1) is 17.1 Å². The van der Waals surface area contributed by atoms with Crippen LogP contribution in [0.4, 0.5) is 21.5 Å². The number of nitrogen functional groups attached to an aromatic ring is 1. The Morgan fingerprint density at radius 3 is 2.81 bits per heavy atom. The van der Waals surface area contributed by atoms with E-state index in [0.717, 1.165) is 59.0 Å². The minimum atomic E-state index is -0.933. The number of aliphatic imine (C=N–C) groups is 1. The number of rotatable bonds is 7. The van der Waals surface area contributed by atoms with Crippen molar-refractivity contribution >= 4 is 34.7 Å². The third-order valence-corrected chi connectivity index (χ3v) is 6.89. The lowest BCUT2D eigenvalue weighted by Gasteiger charge is -2.35. The second-order valence-electron chi connectivity index (χ2n) is 9.12. The van der Waals surface area contributed by atoms with Crippen LogP contribution in [0.25, 0.3) is 11.8 Å². The van der Waals surface area contributed by atoms with E-state index in [2.05, 4.69) is 30.3 Å². The van der Waals surface area contributed by atoms with E-state index < -0.39 is 11.6 Å². The van der Waals surface area contributed by atoms with Crippen LogP contribution in [0.2, 0.25) is 0 Å². The second-order valence-corrected chi connectivity index (χ2v) is 9.12. The van der Waals surface area contributed by atoms with Gasteiger partial charge in [0.1, 0.15) is 12.0 Å². The van der Waals surface area contributed by atoms with Gasteiger partial charge >= 0.3 is 0 Å². The van der Waals surface area contributed by atoms with Crippen LogP contribution < -0.4 is 11.1 Å². The lowest BCUT2D eigenvalue weighted by atomic mass is 9.80. The van der Waals surface area contributed by atoms with E-state index in [-0.39, 0.29) is 6.04 Å². The Kier molecular flexibility index (Phi) is 5.85. The summed E-state index contributed by atoms with van der Waals surface area (Å²) in [6, 6.07) is 11.9. The van der Waals surface area contributed by atoms with Crippen molar-refractivity contribution in [3.8, 4) is 0 Å². The first-order valence-corrected chi connectivity index (χ1v) is 11.4. The van der Waals surface area contributed by atoms with Crippen molar-refractivity contribution in [2.24, 2.45) is 10.4 Å². The van der Waals surface area contributed by atoms with Crippen molar-refractivity contribution in [1.82, 2.24) is 4.90 Å². The molecule has 168 valence electrons. The van der Waals surface area contributed by atoms with E-state index >= 15 is 4.39 Å². The average molecular weight is 433 g/mol. The number of nitrogens with zero attached hydrogens (tertiary/aromatic N) is 2. The Bertz CT molecular complexity index is 1090. The van der Waals surface area contributed by atoms with Crippen LogP contribution >= 0.6 is 0 Å². The van der Waals surface area contributed by atoms with E-state index in [0.29, 0.717) is 12.1 Å². The summed E-state index contributed by atoms with van der Waals surface area (Å²) >= 11 is 0. The summed E-state index contributed by atoms with van der Waals surface area (Å²) in [6.07, 6.45) is 2.98. The zero-order valence-electron chi connectivity index (χ0n) is 19.3. The summed E-state index contributed by atoms with van der Waals surface area (Å²) in [7, 11) is 0. The maximum atomic E-state index is 15.3. The Labute approximate surface area is 190 Å². The van der Waals surface area contributed by atoms with Gasteiger partial charge < -0.3 is 16.0 Å². The fourth-order valence-electron chi connectivity index (χ4n) is 4.91. The molecule has 2 aliphatic rings. The number of hydrogen-bond donors (Lipinski definition) is 2. The maximum absolute atomic E-state index is 15.3. The van der Waals surface area contributed by atoms with Gasteiger partial charge in [0.25, 0.3) is 0 Å². The molecule has 4 rings (SSSR count). The third kappa shape index (κ3) is 3.60. The number of anilines is 2. The lowest BCUT2D eigenvalue weighted by molar-refractivity contribution is 0.180. The van der Waals surface area contributed by atoms with E-state index in [9.17, 15) is 0 Å². The van der Waals surface area contributed by atoms with Crippen LogP contribution in [-0.4, -0.2) is 23.5 Å². The van der Waals surface area contributed by atoms with Gasteiger partial charge in [-0.1, -0.05) is 50.8 Å². The Balaban J connectivity index is 1.79. The fraction of sp³-hybridized carbons (Fsp3) is 0.370. The highest BCUT2D eigenvalue weighted by Crippen LogP contribution is 2.49. The monoisotopic (exact) mass is 432 g/mol. The van der Waals surface area contributed by atoms with Crippen molar-refractivity contribution < 1.29 is 4.39 Å². The molecule has 0 bridgehead atoms. The number of amidine groups is 1. The molecule has 3 unspecified atom stereocenters. The van der Waals surface area contributed by atoms with Gasteiger partial charge in [-0.3, -0.25) is 0 Å². The molecule has 0 aliphatic carbocycles. The minimum absolute atomic E-state index is 0.0680. The molecule has 0 amide bonds. The molecule has 1 fully saturated rings. The van der Waals surface area contributed by atoms with Crippen LogP contribution in [0.3, 0.4) is 0 Å². The van der Waals surface area contributed by atoms with Crippen molar-refractivity contribution in [2.45, 2.75) is 52.2 Å². The van der Waals surface area contributed by atoms with Crippen LogP contribution in [0.1, 0.15) is 62.8 Å². The van der Waals surface area contributed by atoms with Gasteiger partial charge in [-0.15, -0.1) is 0 Å². The minimum Gasteiger partial charge on any atom is -0.399 e. The van der Waals surface area contributed by atoms with Crippen LogP contribution in [0, 0.1) is 5.41 Å². The number of alkyl halides is 1. The fourth-order valence-corrected chi connectivity index (χ4v) is 4.91. The van der Waals surface area contributed by atoms with E-state index in [1.54, 1.807) is 0 Å². The molecule has 0 radical (unpaired) electrons. The molecular formula is C27H33FN4. The first-order valence-electron chi connectivity index (χ1n) is 11.4. The highest BCUT2D eigenvalue weighted by molar-refractivity contribution is 6.03. The number of halogens is 1. The quantitative estimate of drug-likeness (QED) is 0.466.